The fourth-order valence-electron chi connectivity index (χ4n) is 2.62. The summed E-state index contributed by atoms with van der Waals surface area (Å²) in [5.74, 6) is 0.934. The molecule has 1 fully saturated rings. The summed E-state index contributed by atoms with van der Waals surface area (Å²) < 4.78 is 5.36. The first kappa shape index (κ1) is 14.2. The number of benzene rings is 1. The monoisotopic (exact) mass is 286 g/mol. The van der Waals surface area contributed by atoms with Gasteiger partial charge in [0.2, 0.25) is 0 Å². The molecule has 0 aliphatic carbocycles. The number of anilines is 1. The number of aryl methyl sites for hydroxylation is 1. The summed E-state index contributed by atoms with van der Waals surface area (Å²) in [7, 11) is 0. The van der Waals surface area contributed by atoms with Crippen LogP contribution in [0.1, 0.15) is 12.5 Å². The molecule has 1 aliphatic rings. The predicted molar refractivity (Wildman–Crippen MR) is 84.7 cm³/mol. The third-order valence-corrected chi connectivity index (χ3v) is 3.93. The summed E-state index contributed by atoms with van der Waals surface area (Å²) in [6.07, 6.45) is 2.66. The van der Waals surface area contributed by atoms with E-state index < -0.39 is 0 Å². The molecule has 0 spiro atoms. The summed E-state index contributed by atoms with van der Waals surface area (Å²) in [6, 6.07) is 6.39. The lowest BCUT2D eigenvalue weighted by Crippen LogP contribution is -2.39. The molecular formula is C16H22N4O. The normalized spacial score (nSPS) is 16.2. The van der Waals surface area contributed by atoms with E-state index in [9.17, 15) is 0 Å². The van der Waals surface area contributed by atoms with E-state index in [1.54, 1.807) is 6.33 Å². The SMILES string of the molecule is CCc1ccc2ncnc(NCCN3CCOCC3)c2c1. The molecule has 1 aromatic heterocycles. The fraction of sp³-hybridized carbons (Fsp3) is 0.500. The zero-order valence-corrected chi connectivity index (χ0v) is 12.5. The lowest BCUT2D eigenvalue weighted by Gasteiger charge is -2.26. The smallest absolute Gasteiger partial charge is 0.137 e. The van der Waals surface area contributed by atoms with E-state index in [0.29, 0.717) is 0 Å². The van der Waals surface area contributed by atoms with Crippen molar-refractivity contribution in [2.45, 2.75) is 13.3 Å². The van der Waals surface area contributed by atoms with Crippen molar-refractivity contribution in [3.05, 3.63) is 30.1 Å². The fourth-order valence-corrected chi connectivity index (χ4v) is 2.62. The average molecular weight is 286 g/mol. The number of nitrogens with one attached hydrogen (secondary N) is 1. The number of rotatable bonds is 5. The van der Waals surface area contributed by atoms with Gasteiger partial charge in [0.05, 0.1) is 18.7 Å². The quantitative estimate of drug-likeness (QED) is 0.910. The van der Waals surface area contributed by atoms with E-state index in [1.165, 1.54) is 5.56 Å². The van der Waals surface area contributed by atoms with Crippen LogP contribution in [0.15, 0.2) is 24.5 Å². The topological polar surface area (TPSA) is 50.3 Å². The lowest BCUT2D eigenvalue weighted by molar-refractivity contribution is 0.0398. The van der Waals surface area contributed by atoms with Crippen molar-refractivity contribution in [3.63, 3.8) is 0 Å². The van der Waals surface area contributed by atoms with Crippen molar-refractivity contribution in [2.24, 2.45) is 0 Å². The molecule has 1 aliphatic heterocycles. The summed E-state index contributed by atoms with van der Waals surface area (Å²) in [6.45, 7) is 7.80. The number of hydrogen-bond donors (Lipinski definition) is 1. The van der Waals surface area contributed by atoms with Crippen LogP contribution >= 0.6 is 0 Å². The number of nitrogens with zero attached hydrogens (tertiary/aromatic N) is 3. The highest BCUT2D eigenvalue weighted by Crippen LogP contribution is 2.20. The zero-order valence-electron chi connectivity index (χ0n) is 12.5. The maximum absolute atomic E-state index is 5.36. The predicted octanol–water partition coefficient (Wildman–Crippen LogP) is 1.94. The van der Waals surface area contributed by atoms with Crippen molar-refractivity contribution in [2.75, 3.05) is 44.7 Å². The van der Waals surface area contributed by atoms with Gasteiger partial charge < -0.3 is 10.1 Å². The molecule has 21 heavy (non-hydrogen) atoms. The van der Waals surface area contributed by atoms with Crippen molar-refractivity contribution < 1.29 is 4.74 Å². The van der Waals surface area contributed by atoms with Crippen LogP contribution in [-0.2, 0) is 11.2 Å². The molecule has 112 valence electrons. The Morgan fingerprint density at radius 1 is 1.24 bits per heavy atom. The molecule has 0 unspecified atom stereocenters. The molecule has 1 N–H and O–H groups in total. The number of aromatic nitrogens is 2. The Hall–Kier alpha value is -1.72. The molecule has 5 nitrogen and oxygen atoms in total. The molecule has 1 aromatic carbocycles. The van der Waals surface area contributed by atoms with Gasteiger partial charge >= 0.3 is 0 Å². The van der Waals surface area contributed by atoms with Crippen molar-refractivity contribution in [3.8, 4) is 0 Å². The molecule has 2 heterocycles. The Morgan fingerprint density at radius 2 is 2.10 bits per heavy atom. The van der Waals surface area contributed by atoms with E-state index in [-0.39, 0.29) is 0 Å². The van der Waals surface area contributed by atoms with Crippen LogP contribution in [-0.4, -0.2) is 54.3 Å². The average Bonchev–Trinajstić information content (AvgIpc) is 2.55. The van der Waals surface area contributed by atoms with Gasteiger partial charge in [-0.15, -0.1) is 0 Å². The number of ether oxygens (including phenoxy) is 1. The second-order valence-electron chi connectivity index (χ2n) is 5.31. The highest BCUT2D eigenvalue weighted by atomic mass is 16.5. The number of morpholine rings is 1. The van der Waals surface area contributed by atoms with E-state index in [0.717, 1.165) is 62.5 Å². The zero-order chi connectivity index (χ0) is 14.5. The summed E-state index contributed by atoms with van der Waals surface area (Å²) in [5.41, 5.74) is 2.31. The Balaban J connectivity index is 1.68. The van der Waals surface area contributed by atoms with Crippen molar-refractivity contribution in [1.82, 2.24) is 14.9 Å². The van der Waals surface area contributed by atoms with Gasteiger partial charge in [-0.1, -0.05) is 13.0 Å². The van der Waals surface area contributed by atoms with E-state index in [2.05, 4.69) is 45.3 Å². The number of fused-ring (bicyclic) bond motifs is 1. The lowest BCUT2D eigenvalue weighted by atomic mass is 10.1. The van der Waals surface area contributed by atoms with Gasteiger partial charge in [-0.05, 0) is 24.1 Å². The Labute approximate surface area is 125 Å². The summed E-state index contributed by atoms with van der Waals surface area (Å²) in [4.78, 5) is 11.2. The summed E-state index contributed by atoms with van der Waals surface area (Å²) >= 11 is 0. The molecular weight excluding hydrogens is 264 g/mol. The largest absolute Gasteiger partial charge is 0.379 e. The van der Waals surface area contributed by atoms with Crippen LogP contribution in [0, 0.1) is 0 Å². The minimum absolute atomic E-state index is 0.844. The van der Waals surface area contributed by atoms with Crippen LogP contribution < -0.4 is 5.32 Å². The minimum atomic E-state index is 0.844. The van der Waals surface area contributed by atoms with E-state index in [1.807, 2.05) is 0 Å². The minimum Gasteiger partial charge on any atom is -0.379 e. The maximum Gasteiger partial charge on any atom is 0.137 e. The highest BCUT2D eigenvalue weighted by Gasteiger charge is 2.10. The standard InChI is InChI=1S/C16H22N4O/c1-2-13-3-4-15-14(11-13)16(19-12-18-15)17-5-6-20-7-9-21-10-8-20/h3-4,11-12H,2,5-10H2,1H3,(H,17,18,19). The molecule has 0 radical (unpaired) electrons. The van der Waals surface area contributed by atoms with Gasteiger partial charge in [-0.2, -0.15) is 0 Å². The van der Waals surface area contributed by atoms with Crippen LogP contribution in [0.25, 0.3) is 10.9 Å². The Morgan fingerprint density at radius 3 is 2.90 bits per heavy atom. The van der Waals surface area contributed by atoms with Crippen molar-refractivity contribution in [1.29, 1.82) is 0 Å². The highest BCUT2D eigenvalue weighted by molar-refractivity contribution is 5.89. The number of hydrogen-bond acceptors (Lipinski definition) is 5. The second-order valence-corrected chi connectivity index (χ2v) is 5.31. The molecule has 5 heteroatoms. The van der Waals surface area contributed by atoms with Crippen LogP contribution in [0.5, 0.6) is 0 Å². The molecule has 0 atom stereocenters. The molecule has 0 bridgehead atoms. The van der Waals surface area contributed by atoms with E-state index in [4.69, 9.17) is 4.74 Å². The van der Waals surface area contributed by atoms with Crippen LogP contribution in [0.3, 0.4) is 0 Å². The van der Waals surface area contributed by atoms with Gasteiger partial charge in [0.25, 0.3) is 0 Å². The molecule has 1 saturated heterocycles. The first-order valence-electron chi connectivity index (χ1n) is 7.64. The molecule has 2 aromatic rings. The van der Waals surface area contributed by atoms with Gasteiger partial charge in [-0.25, -0.2) is 9.97 Å². The third-order valence-electron chi connectivity index (χ3n) is 3.93. The first-order chi connectivity index (χ1) is 10.4. The molecule has 0 amide bonds. The first-order valence-corrected chi connectivity index (χ1v) is 7.64. The van der Waals surface area contributed by atoms with Crippen LogP contribution in [0.4, 0.5) is 5.82 Å². The summed E-state index contributed by atoms with van der Waals surface area (Å²) in [5, 5.41) is 4.56. The van der Waals surface area contributed by atoms with Gasteiger partial charge in [0, 0.05) is 31.6 Å². The second kappa shape index (κ2) is 6.83. The van der Waals surface area contributed by atoms with E-state index >= 15 is 0 Å². The van der Waals surface area contributed by atoms with Gasteiger partial charge in [-0.3, -0.25) is 4.90 Å². The third kappa shape index (κ3) is 3.49. The van der Waals surface area contributed by atoms with Gasteiger partial charge in [0.15, 0.2) is 0 Å². The maximum atomic E-state index is 5.36. The molecule has 3 rings (SSSR count). The molecule has 0 saturated carbocycles. The van der Waals surface area contributed by atoms with Gasteiger partial charge in [0.1, 0.15) is 12.1 Å². The van der Waals surface area contributed by atoms with Crippen LogP contribution in [0.2, 0.25) is 0 Å². The Kier molecular flexibility index (Phi) is 4.62. The van der Waals surface area contributed by atoms with Crippen molar-refractivity contribution >= 4 is 16.7 Å². The Bertz CT molecular complexity index is 596.